The van der Waals surface area contributed by atoms with Crippen molar-refractivity contribution in [2.24, 2.45) is 0 Å². The van der Waals surface area contributed by atoms with Crippen LogP contribution in [-0.4, -0.2) is 48.8 Å². The number of ether oxygens (including phenoxy) is 3. The minimum atomic E-state index is -0.640. The molecule has 9 heteroatoms. The zero-order valence-electron chi connectivity index (χ0n) is 21.6. The van der Waals surface area contributed by atoms with Gasteiger partial charge >= 0.3 is 0 Å². The lowest BCUT2D eigenvalue weighted by molar-refractivity contribution is -0.0185. The molecule has 3 aromatic rings. The Morgan fingerprint density at radius 1 is 1.13 bits per heavy atom. The van der Waals surface area contributed by atoms with E-state index in [2.05, 4.69) is 22.0 Å². The molecule has 0 amide bonds. The van der Waals surface area contributed by atoms with Gasteiger partial charge in [0.05, 0.1) is 11.6 Å². The number of nitrogens with zero attached hydrogens (tertiary/aromatic N) is 2. The van der Waals surface area contributed by atoms with Gasteiger partial charge in [-0.15, -0.1) is 0 Å². The number of nitrogen functional groups attached to an aromatic ring is 1. The summed E-state index contributed by atoms with van der Waals surface area (Å²) in [6.07, 6.45) is 5.09. The molecule has 1 aromatic heterocycles. The molecule has 0 bridgehead atoms. The lowest BCUT2D eigenvalue weighted by atomic mass is 9.82. The number of halogens is 3. The molecule has 1 atom stereocenters. The average Bonchev–Trinajstić information content (AvgIpc) is 2.92. The number of aromatic nitrogens is 1. The number of rotatable bonds is 7. The second kappa shape index (κ2) is 11.3. The molecule has 5 rings (SSSR count). The first kappa shape index (κ1) is 27.0. The standard InChI is InChI=1S/C29H32Cl2FN3O3/c1-18(26-22(30)4-5-23(32)27(26)31)37-25-16-21(17-34-28(25)33)19-3-6-24-20(15-19)7-8-29(38-24)9-11-35(12-10-29)13-14-36-2/h3-6,15-18H,7-14H2,1-2H3,(H2,33,34)/t18-/m1/s1. The van der Waals surface area contributed by atoms with Gasteiger partial charge in [-0.05, 0) is 74.1 Å². The first-order chi connectivity index (χ1) is 18.3. The SMILES string of the molecule is COCCN1CCC2(CCc3cc(-c4cnc(N)c(O[C@H](C)c5c(Cl)ccc(F)c5Cl)c4)ccc3O2)CC1. The van der Waals surface area contributed by atoms with Crippen molar-refractivity contribution in [3.8, 4) is 22.6 Å². The first-order valence-electron chi connectivity index (χ1n) is 12.9. The number of piperidine rings is 1. The minimum Gasteiger partial charge on any atom is -0.487 e. The van der Waals surface area contributed by atoms with Gasteiger partial charge in [0.15, 0.2) is 11.6 Å². The van der Waals surface area contributed by atoms with E-state index in [1.807, 2.05) is 12.1 Å². The van der Waals surface area contributed by atoms with Crippen LogP contribution in [0.5, 0.6) is 11.5 Å². The quantitative estimate of drug-likeness (QED) is 0.324. The number of benzene rings is 2. The van der Waals surface area contributed by atoms with Crippen molar-refractivity contribution in [3.63, 3.8) is 0 Å². The van der Waals surface area contributed by atoms with Crippen LogP contribution in [0.1, 0.15) is 43.4 Å². The van der Waals surface area contributed by atoms with Crippen LogP contribution in [0.3, 0.4) is 0 Å². The third-order valence-corrected chi connectivity index (χ3v) is 8.33. The molecule has 1 spiro atoms. The summed E-state index contributed by atoms with van der Waals surface area (Å²) in [6, 6.07) is 10.8. The number of fused-ring (bicyclic) bond motifs is 1. The second-order valence-corrected chi connectivity index (χ2v) is 10.9. The second-order valence-electron chi connectivity index (χ2n) is 10.1. The molecule has 38 heavy (non-hydrogen) atoms. The Hall–Kier alpha value is -2.58. The van der Waals surface area contributed by atoms with E-state index in [-0.39, 0.29) is 16.4 Å². The van der Waals surface area contributed by atoms with E-state index < -0.39 is 11.9 Å². The fourth-order valence-electron chi connectivity index (χ4n) is 5.33. The molecule has 2 aliphatic heterocycles. The largest absolute Gasteiger partial charge is 0.487 e. The maximum atomic E-state index is 14.0. The van der Waals surface area contributed by atoms with Crippen molar-refractivity contribution in [3.05, 3.63) is 69.6 Å². The number of hydrogen-bond donors (Lipinski definition) is 1. The number of methoxy groups -OCH3 is 1. The van der Waals surface area contributed by atoms with Crippen LogP contribution in [0.4, 0.5) is 10.2 Å². The molecule has 0 aliphatic carbocycles. The maximum absolute atomic E-state index is 14.0. The normalized spacial score (nSPS) is 17.6. The highest BCUT2D eigenvalue weighted by Gasteiger charge is 2.39. The number of likely N-dealkylation sites (tertiary alicyclic amines) is 1. The summed E-state index contributed by atoms with van der Waals surface area (Å²) in [4.78, 5) is 6.79. The Morgan fingerprint density at radius 3 is 2.68 bits per heavy atom. The lowest BCUT2D eigenvalue weighted by Crippen LogP contribution is -2.50. The van der Waals surface area contributed by atoms with E-state index in [1.54, 1.807) is 20.2 Å². The molecule has 0 unspecified atom stereocenters. The van der Waals surface area contributed by atoms with Crippen molar-refractivity contribution in [1.82, 2.24) is 9.88 Å². The zero-order valence-corrected chi connectivity index (χ0v) is 23.1. The van der Waals surface area contributed by atoms with Gasteiger partial charge in [-0.25, -0.2) is 9.37 Å². The number of hydrogen-bond acceptors (Lipinski definition) is 6. The molecule has 2 aromatic carbocycles. The van der Waals surface area contributed by atoms with Crippen molar-refractivity contribution in [2.45, 2.75) is 44.3 Å². The van der Waals surface area contributed by atoms with Crippen LogP contribution in [0.25, 0.3) is 11.1 Å². The van der Waals surface area contributed by atoms with E-state index in [0.29, 0.717) is 16.3 Å². The molecule has 1 saturated heterocycles. The summed E-state index contributed by atoms with van der Waals surface area (Å²) in [6.45, 7) is 5.53. The van der Waals surface area contributed by atoms with Gasteiger partial charge in [-0.1, -0.05) is 29.3 Å². The molecule has 0 saturated carbocycles. The number of aryl methyl sites for hydroxylation is 1. The predicted octanol–water partition coefficient (Wildman–Crippen LogP) is 6.72. The van der Waals surface area contributed by atoms with Crippen molar-refractivity contribution >= 4 is 29.0 Å². The molecule has 3 heterocycles. The van der Waals surface area contributed by atoms with Crippen molar-refractivity contribution in [2.75, 3.05) is 39.1 Å². The van der Waals surface area contributed by atoms with Gasteiger partial charge in [-0.3, -0.25) is 0 Å². The summed E-state index contributed by atoms with van der Waals surface area (Å²) < 4.78 is 31.9. The average molecular weight is 560 g/mol. The van der Waals surface area contributed by atoms with Gasteiger partial charge in [-0.2, -0.15) is 0 Å². The van der Waals surface area contributed by atoms with Gasteiger partial charge in [0.2, 0.25) is 0 Å². The Kier molecular flexibility index (Phi) is 8.00. The fourth-order valence-corrected chi connectivity index (χ4v) is 6.01. The summed E-state index contributed by atoms with van der Waals surface area (Å²) in [7, 11) is 1.74. The highest BCUT2D eigenvalue weighted by molar-refractivity contribution is 6.36. The van der Waals surface area contributed by atoms with Crippen LogP contribution in [0, 0.1) is 5.82 Å². The number of nitrogens with two attached hydrogens (primary N) is 1. The summed E-state index contributed by atoms with van der Waals surface area (Å²) in [5.74, 6) is 0.995. The van der Waals surface area contributed by atoms with Crippen molar-refractivity contribution in [1.29, 1.82) is 0 Å². The Labute approximate surface area is 232 Å². The van der Waals surface area contributed by atoms with Crippen LogP contribution in [0.2, 0.25) is 10.0 Å². The van der Waals surface area contributed by atoms with E-state index in [1.165, 1.54) is 17.7 Å². The van der Waals surface area contributed by atoms with Gasteiger partial charge in [0.1, 0.15) is 23.3 Å². The molecular formula is C29H32Cl2FN3O3. The van der Waals surface area contributed by atoms with Gasteiger partial charge in [0.25, 0.3) is 0 Å². The smallest absolute Gasteiger partial charge is 0.166 e. The van der Waals surface area contributed by atoms with E-state index in [0.717, 1.165) is 68.8 Å². The lowest BCUT2D eigenvalue weighted by Gasteiger charge is -2.44. The molecule has 0 radical (unpaired) electrons. The Balaban J connectivity index is 1.32. The fraction of sp³-hybridized carbons (Fsp3) is 0.414. The minimum absolute atomic E-state index is 0.0687. The first-order valence-corrected chi connectivity index (χ1v) is 13.6. The summed E-state index contributed by atoms with van der Waals surface area (Å²) in [5.41, 5.74) is 9.42. The highest BCUT2D eigenvalue weighted by atomic mass is 35.5. The van der Waals surface area contributed by atoms with Gasteiger partial charge in [0, 0.05) is 49.1 Å². The van der Waals surface area contributed by atoms with Crippen molar-refractivity contribution < 1.29 is 18.6 Å². The molecule has 2 N–H and O–H groups in total. The van der Waals surface area contributed by atoms with Gasteiger partial charge < -0.3 is 24.8 Å². The molecular weight excluding hydrogens is 528 g/mol. The molecule has 1 fully saturated rings. The van der Waals surface area contributed by atoms with Crippen LogP contribution in [-0.2, 0) is 11.2 Å². The van der Waals surface area contributed by atoms with Crippen LogP contribution < -0.4 is 15.2 Å². The Morgan fingerprint density at radius 2 is 1.92 bits per heavy atom. The third-order valence-electron chi connectivity index (χ3n) is 7.62. The van der Waals surface area contributed by atoms with E-state index in [9.17, 15) is 4.39 Å². The van der Waals surface area contributed by atoms with E-state index >= 15 is 0 Å². The summed E-state index contributed by atoms with van der Waals surface area (Å²) >= 11 is 12.5. The topological polar surface area (TPSA) is 69.8 Å². The molecule has 2 aliphatic rings. The Bertz CT molecular complexity index is 1310. The third kappa shape index (κ3) is 5.57. The van der Waals surface area contributed by atoms with Crippen LogP contribution >= 0.6 is 23.2 Å². The number of pyridine rings is 1. The summed E-state index contributed by atoms with van der Waals surface area (Å²) in [5, 5.41) is 0.250. The number of anilines is 1. The molecule has 202 valence electrons. The van der Waals surface area contributed by atoms with Crippen LogP contribution in [0.15, 0.2) is 42.6 Å². The zero-order chi connectivity index (χ0) is 26.9. The molecule has 6 nitrogen and oxygen atoms in total. The van der Waals surface area contributed by atoms with E-state index in [4.69, 9.17) is 43.1 Å². The monoisotopic (exact) mass is 559 g/mol. The maximum Gasteiger partial charge on any atom is 0.166 e. The highest BCUT2D eigenvalue weighted by Crippen LogP contribution is 2.42. The predicted molar refractivity (Wildman–Crippen MR) is 149 cm³/mol.